The number of furan rings is 1. The third kappa shape index (κ3) is 8.76. The van der Waals surface area contributed by atoms with Crippen molar-refractivity contribution in [1.29, 1.82) is 0 Å². The molecule has 1 radical (unpaired) electrons. The molecule has 4 nitrogen and oxygen atoms in total. The van der Waals surface area contributed by atoms with Gasteiger partial charge in [-0.2, -0.15) is 0 Å². The van der Waals surface area contributed by atoms with Gasteiger partial charge in [0.05, 0.1) is 10.5 Å². The molecule has 0 fully saturated rings. The number of hydrogen-bond donors (Lipinski definition) is 1. The van der Waals surface area contributed by atoms with Gasteiger partial charge in [-0.1, -0.05) is 91.5 Å². The van der Waals surface area contributed by atoms with Gasteiger partial charge >= 0.3 is 0 Å². The average molecular weight is 817 g/mol. The molecular weight excluding hydrogens is 767 g/mol. The van der Waals surface area contributed by atoms with E-state index >= 15 is 0 Å². The molecule has 46 heavy (non-hydrogen) atoms. The van der Waals surface area contributed by atoms with Crippen LogP contribution < -0.4 is 0 Å². The van der Waals surface area contributed by atoms with Crippen molar-refractivity contribution in [3.05, 3.63) is 77.9 Å². The molecule has 249 valence electrons. The van der Waals surface area contributed by atoms with Crippen LogP contribution in [0.1, 0.15) is 105 Å². The Kier molecular flexibility index (Phi) is 13.4. The van der Waals surface area contributed by atoms with Gasteiger partial charge in [-0.15, -0.1) is 40.5 Å². The SMILES string of the molecule is CC(C)c1cc(-c2nccc3sc4cc(CC(C)(C)C)oc4c23)[c-]c2ccccc12.CCC(CC)C(=O)/C=C(\O)C(CC)CC.[Ir]. The standard InChI is InChI=1S/C27H26NOS.C13H24O2.Ir/c1-16(2)21-13-18(12-17-8-6-7-9-20(17)21)25-24-22(10-11-28-25)30-23-14-19(29-26(23)24)15-27(3,4)5;1-5-10(6-2)12(14)9-13(15)11(7-3)8-4;/h6-11,13-14,16H,15H2,1-5H3;9-11,14H,5-8H2,1-4H3;/q-1;;/b;12-9-;. The first-order chi connectivity index (χ1) is 21.4. The summed E-state index contributed by atoms with van der Waals surface area (Å²) in [4.78, 5) is 16.5. The van der Waals surface area contributed by atoms with Crippen molar-refractivity contribution in [3.63, 3.8) is 0 Å². The molecule has 0 saturated heterocycles. The first kappa shape index (κ1) is 37.7. The molecule has 0 spiro atoms. The zero-order valence-electron chi connectivity index (χ0n) is 28.9. The summed E-state index contributed by atoms with van der Waals surface area (Å²) in [6.07, 6.45) is 7.73. The Morgan fingerprint density at radius 2 is 1.63 bits per heavy atom. The first-order valence-corrected chi connectivity index (χ1v) is 17.4. The third-order valence-electron chi connectivity index (χ3n) is 8.58. The quantitative estimate of drug-likeness (QED) is 0.0866. The van der Waals surface area contributed by atoms with Crippen LogP contribution in [0.3, 0.4) is 0 Å². The van der Waals surface area contributed by atoms with Crippen molar-refractivity contribution < 1.29 is 34.4 Å². The van der Waals surface area contributed by atoms with Crippen LogP contribution in [0.4, 0.5) is 0 Å². The van der Waals surface area contributed by atoms with Gasteiger partial charge in [-0.3, -0.25) is 9.78 Å². The minimum atomic E-state index is 0. The van der Waals surface area contributed by atoms with Crippen LogP contribution in [0.2, 0.25) is 0 Å². The molecule has 5 aromatic rings. The molecule has 3 heterocycles. The number of pyridine rings is 1. The molecule has 2 aromatic carbocycles. The van der Waals surface area contributed by atoms with E-state index in [4.69, 9.17) is 9.40 Å². The fourth-order valence-corrected chi connectivity index (χ4v) is 7.08. The van der Waals surface area contributed by atoms with Gasteiger partial charge in [0, 0.05) is 66.4 Å². The van der Waals surface area contributed by atoms with E-state index in [0.29, 0.717) is 5.92 Å². The maximum atomic E-state index is 11.7. The Hall–Kier alpha value is -2.79. The summed E-state index contributed by atoms with van der Waals surface area (Å²) in [5.41, 5.74) is 4.48. The molecule has 6 heteroatoms. The first-order valence-electron chi connectivity index (χ1n) is 16.6. The Morgan fingerprint density at radius 3 is 2.24 bits per heavy atom. The molecule has 3 aromatic heterocycles. The number of hydrogen-bond acceptors (Lipinski definition) is 5. The second-order valence-electron chi connectivity index (χ2n) is 13.6. The molecule has 1 N–H and O–H groups in total. The van der Waals surface area contributed by atoms with Crippen LogP contribution in [0.25, 0.3) is 42.4 Å². The minimum absolute atomic E-state index is 0. The van der Waals surface area contributed by atoms with E-state index in [1.807, 2.05) is 33.9 Å². The fourth-order valence-electron chi connectivity index (χ4n) is 6.00. The molecule has 0 aliphatic heterocycles. The predicted molar refractivity (Wildman–Crippen MR) is 192 cm³/mol. The van der Waals surface area contributed by atoms with E-state index in [9.17, 15) is 9.90 Å². The molecule has 0 bridgehead atoms. The number of ketones is 1. The normalized spacial score (nSPS) is 12.3. The van der Waals surface area contributed by atoms with Crippen molar-refractivity contribution in [2.75, 3.05) is 0 Å². The molecular formula is C40H50IrNO3S-. The van der Waals surface area contributed by atoms with E-state index < -0.39 is 0 Å². The monoisotopic (exact) mass is 817 g/mol. The number of allylic oxidation sites excluding steroid dienone is 2. The van der Waals surface area contributed by atoms with E-state index in [1.54, 1.807) is 11.3 Å². The molecule has 5 rings (SSSR count). The van der Waals surface area contributed by atoms with Gasteiger partial charge in [-0.05, 0) is 49.1 Å². The zero-order chi connectivity index (χ0) is 32.9. The molecule has 0 atom stereocenters. The fraction of sp³-hybridized carbons (Fsp3) is 0.450. The Labute approximate surface area is 293 Å². The summed E-state index contributed by atoms with van der Waals surface area (Å²) in [5, 5.41) is 13.3. The number of benzene rings is 2. The number of carbonyl (C=O) groups excluding carboxylic acids is 1. The van der Waals surface area contributed by atoms with Crippen LogP contribution in [0, 0.1) is 23.3 Å². The predicted octanol–water partition coefficient (Wildman–Crippen LogP) is 12.2. The van der Waals surface area contributed by atoms with Gasteiger partial charge in [0.2, 0.25) is 0 Å². The van der Waals surface area contributed by atoms with Crippen molar-refractivity contribution in [2.45, 2.75) is 100 Å². The van der Waals surface area contributed by atoms with Gasteiger partial charge in [0.1, 0.15) is 11.3 Å². The molecule has 0 amide bonds. The number of nitrogens with zero attached hydrogens (tertiary/aromatic N) is 1. The van der Waals surface area contributed by atoms with Crippen molar-refractivity contribution in [3.8, 4) is 11.3 Å². The number of aliphatic hydroxyl groups excluding tert-OH is 1. The second-order valence-corrected chi connectivity index (χ2v) is 14.7. The summed E-state index contributed by atoms with van der Waals surface area (Å²) < 4.78 is 8.79. The molecule has 0 aliphatic rings. The van der Waals surface area contributed by atoms with Crippen LogP contribution in [0.5, 0.6) is 0 Å². The smallest absolute Gasteiger partial charge is 0.162 e. The van der Waals surface area contributed by atoms with Crippen molar-refractivity contribution >= 4 is 48.3 Å². The summed E-state index contributed by atoms with van der Waals surface area (Å²) in [5.74, 6) is 2.02. The number of aliphatic hydroxyl groups is 1. The third-order valence-corrected chi connectivity index (χ3v) is 9.66. The number of aromatic nitrogens is 1. The number of carbonyl (C=O) groups is 1. The Balaban J connectivity index is 0.000000309. The number of rotatable bonds is 10. The zero-order valence-corrected chi connectivity index (χ0v) is 32.1. The van der Waals surface area contributed by atoms with Crippen molar-refractivity contribution in [2.24, 2.45) is 17.3 Å². The van der Waals surface area contributed by atoms with E-state index in [0.717, 1.165) is 65.5 Å². The largest absolute Gasteiger partial charge is 0.512 e. The topological polar surface area (TPSA) is 63.3 Å². The van der Waals surface area contributed by atoms with Crippen molar-refractivity contribution in [1.82, 2.24) is 4.98 Å². The number of fused-ring (bicyclic) bond motifs is 4. The van der Waals surface area contributed by atoms with Crippen LogP contribution in [-0.2, 0) is 31.3 Å². The summed E-state index contributed by atoms with van der Waals surface area (Å²) >= 11 is 1.78. The average Bonchev–Trinajstić information content (AvgIpc) is 3.53. The van der Waals surface area contributed by atoms with Gasteiger partial charge < -0.3 is 9.52 Å². The molecule has 0 unspecified atom stereocenters. The van der Waals surface area contributed by atoms with Gasteiger partial charge in [-0.25, -0.2) is 0 Å². The number of thiophene rings is 1. The van der Waals surface area contributed by atoms with Crippen LogP contribution >= 0.6 is 11.3 Å². The van der Waals surface area contributed by atoms with Crippen LogP contribution in [0.15, 0.2) is 64.9 Å². The molecule has 0 saturated carbocycles. The van der Waals surface area contributed by atoms with Gasteiger partial charge in [0.25, 0.3) is 0 Å². The Morgan fingerprint density at radius 1 is 0.978 bits per heavy atom. The maximum absolute atomic E-state index is 11.7. The summed E-state index contributed by atoms with van der Waals surface area (Å²) in [7, 11) is 0. The van der Waals surface area contributed by atoms with E-state index in [2.05, 4.69) is 83.1 Å². The molecule has 0 aliphatic carbocycles. The summed E-state index contributed by atoms with van der Waals surface area (Å²) in [6, 6.07) is 18.7. The Bertz CT molecular complexity index is 1780. The van der Waals surface area contributed by atoms with Gasteiger partial charge in [0.15, 0.2) is 5.78 Å². The summed E-state index contributed by atoms with van der Waals surface area (Å²) in [6.45, 7) is 19.3. The second kappa shape index (κ2) is 16.4. The van der Waals surface area contributed by atoms with E-state index in [1.165, 1.54) is 26.4 Å². The van der Waals surface area contributed by atoms with E-state index in [-0.39, 0.29) is 48.9 Å². The van der Waals surface area contributed by atoms with Crippen LogP contribution in [-0.4, -0.2) is 15.9 Å². The minimum Gasteiger partial charge on any atom is -0.512 e. The maximum Gasteiger partial charge on any atom is 0.162 e.